The van der Waals surface area contributed by atoms with E-state index >= 15 is 0 Å². The maximum atomic E-state index is 12.3. The SMILES string of the molecule is COCCN1CCN(CC(=O)N(C)Cc2ccc(Cl)s2)CC1. The van der Waals surface area contributed by atoms with Gasteiger partial charge < -0.3 is 9.64 Å². The molecule has 1 aromatic rings. The molecule has 0 aromatic carbocycles. The Bertz CT molecular complexity index is 475. The van der Waals surface area contributed by atoms with E-state index < -0.39 is 0 Å². The smallest absolute Gasteiger partial charge is 0.236 e. The molecule has 1 saturated heterocycles. The van der Waals surface area contributed by atoms with Crippen molar-refractivity contribution < 1.29 is 9.53 Å². The maximum Gasteiger partial charge on any atom is 0.236 e. The number of halogens is 1. The van der Waals surface area contributed by atoms with Gasteiger partial charge in [-0.15, -0.1) is 11.3 Å². The molecule has 2 rings (SSSR count). The Labute approximate surface area is 141 Å². The van der Waals surface area contributed by atoms with Gasteiger partial charge in [0.25, 0.3) is 0 Å². The summed E-state index contributed by atoms with van der Waals surface area (Å²) >= 11 is 7.45. The van der Waals surface area contributed by atoms with Crippen LogP contribution in [0, 0.1) is 0 Å². The summed E-state index contributed by atoms with van der Waals surface area (Å²) in [5, 5.41) is 0. The number of likely N-dealkylation sites (N-methyl/N-ethyl adjacent to an activating group) is 1. The van der Waals surface area contributed by atoms with Gasteiger partial charge >= 0.3 is 0 Å². The Morgan fingerprint density at radius 3 is 2.59 bits per heavy atom. The van der Waals surface area contributed by atoms with Gasteiger partial charge in [0, 0.05) is 51.8 Å². The monoisotopic (exact) mass is 345 g/mol. The van der Waals surface area contributed by atoms with Crippen molar-refractivity contribution in [2.75, 3.05) is 60.0 Å². The fraction of sp³-hybridized carbons (Fsp3) is 0.667. The van der Waals surface area contributed by atoms with Gasteiger partial charge in [0.05, 0.1) is 24.0 Å². The number of nitrogens with zero attached hydrogens (tertiary/aromatic N) is 3. The highest BCUT2D eigenvalue weighted by Crippen LogP contribution is 2.22. The zero-order valence-corrected chi connectivity index (χ0v) is 14.8. The number of hydrogen-bond donors (Lipinski definition) is 0. The predicted octanol–water partition coefficient (Wildman–Crippen LogP) is 1.62. The molecule has 1 aromatic heterocycles. The molecule has 0 unspecified atom stereocenters. The van der Waals surface area contributed by atoms with Crippen molar-refractivity contribution in [3.63, 3.8) is 0 Å². The van der Waals surface area contributed by atoms with E-state index in [-0.39, 0.29) is 5.91 Å². The number of hydrogen-bond acceptors (Lipinski definition) is 5. The lowest BCUT2D eigenvalue weighted by Gasteiger charge is -2.34. The lowest BCUT2D eigenvalue weighted by Crippen LogP contribution is -2.50. The van der Waals surface area contributed by atoms with E-state index in [1.807, 2.05) is 19.2 Å². The predicted molar refractivity (Wildman–Crippen MR) is 90.6 cm³/mol. The third-order valence-corrected chi connectivity index (χ3v) is 5.10. The number of rotatable bonds is 7. The standard InChI is InChI=1S/C15H24ClN3O2S/c1-17(11-13-3-4-14(16)22-13)15(20)12-19-7-5-18(6-8-19)9-10-21-2/h3-4H,5-12H2,1-2H3. The van der Waals surface area contributed by atoms with Gasteiger partial charge in [-0.25, -0.2) is 0 Å². The molecule has 1 aliphatic heterocycles. The highest BCUT2D eigenvalue weighted by Gasteiger charge is 2.20. The van der Waals surface area contributed by atoms with Crippen LogP contribution in [0.1, 0.15) is 4.88 Å². The summed E-state index contributed by atoms with van der Waals surface area (Å²) in [5.74, 6) is 0.162. The molecule has 0 aliphatic carbocycles. The molecule has 0 radical (unpaired) electrons. The molecule has 7 heteroatoms. The van der Waals surface area contributed by atoms with Crippen molar-refractivity contribution in [1.29, 1.82) is 0 Å². The lowest BCUT2D eigenvalue weighted by atomic mass is 10.3. The molecular formula is C15H24ClN3O2S. The van der Waals surface area contributed by atoms with Crippen LogP contribution in [0.5, 0.6) is 0 Å². The van der Waals surface area contributed by atoms with Crippen LogP contribution >= 0.6 is 22.9 Å². The largest absolute Gasteiger partial charge is 0.383 e. The molecular weight excluding hydrogens is 322 g/mol. The number of carbonyl (C=O) groups is 1. The van der Waals surface area contributed by atoms with Crippen LogP contribution in [-0.4, -0.2) is 80.6 Å². The van der Waals surface area contributed by atoms with Crippen LogP contribution in [-0.2, 0) is 16.1 Å². The third-order valence-electron chi connectivity index (χ3n) is 3.88. The minimum atomic E-state index is 0.162. The summed E-state index contributed by atoms with van der Waals surface area (Å²) in [6.45, 7) is 6.74. The summed E-state index contributed by atoms with van der Waals surface area (Å²) in [6, 6.07) is 3.85. The summed E-state index contributed by atoms with van der Waals surface area (Å²) in [4.78, 5) is 19.8. The zero-order chi connectivity index (χ0) is 15.9. The van der Waals surface area contributed by atoms with Crippen molar-refractivity contribution >= 4 is 28.8 Å². The molecule has 1 aliphatic rings. The molecule has 22 heavy (non-hydrogen) atoms. The minimum Gasteiger partial charge on any atom is -0.383 e. The van der Waals surface area contributed by atoms with E-state index in [1.54, 1.807) is 12.0 Å². The van der Waals surface area contributed by atoms with E-state index in [0.717, 1.165) is 48.5 Å². The average molecular weight is 346 g/mol. The lowest BCUT2D eigenvalue weighted by molar-refractivity contribution is -0.132. The fourth-order valence-electron chi connectivity index (χ4n) is 2.46. The topological polar surface area (TPSA) is 36.0 Å². The normalized spacial score (nSPS) is 16.9. The van der Waals surface area contributed by atoms with Crippen LogP contribution in [0.4, 0.5) is 0 Å². The Kier molecular flexibility index (Phi) is 7.11. The minimum absolute atomic E-state index is 0.162. The highest BCUT2D eigenvalue weighted by molar-refractivity contribution is 7.16. The maximum absolute atomic E-state index is 12.3. The number of ether oxygens (including phenoxy) is 1. The summed E-state index contributed by atoms with van der Waals surface area (Å²) in [5.41, 5.74) is 0. The number of thiophene rings is 1. The van der Waals surface area contributed by atoms with Crippen molar-refractivity contribution in [1.82, 2.24) is 14.7 Å². The zero-order valence-electron chi connectivity index (χ0n) is 13.3. The van der Waals surface area contributed by atoms with E-state index in [2.05, 4.69) is 9.80 Å². The molecule has 0 bridgehead atoms. The molecule has 1 fully saturated rings. The molecule has 1 amide bonds. The van der Waals surface area contributed by atoms with E-state index in [4.69, 9.17) is 16.3 Å². The van der Waals surface area contributed by atoms with Crippen LogP contribution in [0.3, 0.4) is 0 Å². The second-order valence-electron chi connectivity index (χ2n) is 5.57. The number of methoxy groups -OCH3 is 1. The van der Waals surface area contributed by atoms with Crippen molar-refractivity contribution in [3.8, 4) is 0 Å². The average Bonchev–Trinajstić information content (AvgIpc) is 2.91. The van der Waals surface area contributed by atoms with E-state index in [9.17, 15) is 4.79 Å². The number of carbonyl (C=O) groups excluding carboxylic acids is 1. The Morgan fingerprint density at radius 2 is 2.00 bits per heavy atom. The van der Waals surface area contributed by atoms with E-state index in [0.29, 0.717) is 13.1 Å². The van der Waals surface area contributed by atoms with Crippen LogP contribution < -0.4 is 0 Å². The van der Waals surface area contributed by atoms with Gasteiger partial charge in [-0.1, -0.05) is 11.6 Å². The van der Waals surface area contributed by atoms with Gasteiger partial charge in [-0.2, -0.15) is 0 Å². The Balaban J connectivity index is 1.71. The first-order chi connectivity index (χ1) is 10.6. The highest BCUT2D eigenvalue weighted by atomic mass is 35.5. The molecule has 0 spiro atoms. The number of piperazine rings is 1. The first-order valence-electron chi connectivity index (χ1n) is 7.50. The molecule has 0 N–H and O–H groups in total. The van der Waals surface area contributed by atoms with Crippen LogP contribution in [0.2, 0.25) is 4.34 Å². The number of amides is 1. The van der Waals surface area contributed by atoms with Gasteiger partial charge in [-0.3, -0.25) is 14.6 Å². The van der Waals surface area contributed by atoms with Crippen molar-refractivity contribution in [2.24, 2.45) is 0 Å². The first-order valence-corrected chi connectivity index (χ1v) is 8.69. The van der Waals surface area contributed by atoms with Crippen molar-refractivity contribution in [3.05, 3.63) is 21.3 Å². The molecule has 5 nitrogen and oxygen atoms in total. The summed E-state index contributed by atoms with van der Waals surface area (Å²) < 4.78 is 5.87. The third kappa shape index (κ3) is 5.52. The first kappa shape index (κ1) is 17.7. The van der Waals surface area contributed by atoms with Gasteiger partial charge in [0.2, 0.25) is 5.91 Å². The molecule has 0 atom stereocenters. The summed E-state index contributed by atoms with van der Waals surface area (Å²) in [6.07, 6.45) is 0. The fourth-order valence-corrected chi connectivity index (χ4v) is 3.60. The summed E-state index contributed by atoms with van der Waals surface area (Å²) in [7, 11) is 3.58. The second kappa shape index (κ2) is 8.84. The van der Waals surface area contributed by atoms with Gasteiger partial charge in [0.1, 0.15) is 0 Å². The molecule has 124 valence electrons. The van der Waals surface area contributed by atoms with Gasteiger partial charge in [-0.05, 0) is 12.1 Å². The van der Waals surface area contributed by atoms with E-state index in [1.165, 1.54) is 11.3 Å². The van der Waals surface area contributed by atoms with Crippen LogP contribution in [0.25, 0.3) is 0 Å². The Morgan fingerprint density at radius 1 is 1.32 bits per heavy atom. The quantitative estimate of drug-likeness (QED) is 0.752. The molecule has 0 saturated carbocycles. The second-order valence-corrected chi connectivity index (χ2v) is 7.37. The van der Waals surface area contributed by atoms with Gasteiger partial charge in [0.15, 0.2) is 0 Å². The van der Waals surface area contributed by atoms with Crippen LogP contribution in [0.15, 0.2) is 12.1 Å². The molecule has 2 heterocycles. The van der Waals surface area contributed by atoms with Crippen molar-refractivity contribution in [2.45, 2.75) is 6.54 Å². The Hall–Kier alpha value is -0.660.